The molecule has 1 amide bonds. The van der Waals surface area contributed by atoms with Crippen molar-refractivity contribution in [3.8, 4) is 11.5 Å². The van der Waals surface area contributed by atoms with Crippen LogP contribution in [0.1, 0.15) is 16.8 Å². The van der Waals surface area contributed by atoms with Gasteiger partial charge in [0.2, 0.25) is 0 Å². The molecule has 0 aliphatic carbocycles. The second-order valence-corrected chi connectivity index (χ2v) is 8.69. The molecular weight excluding hydrogens is 460 g/mol. The molecule has 0 radical (unpaired) electrons. The van der Waals surface area contributed by atoms with Crippen LogP contribution < -0.4 is 14.4 Å². The van der Waals surface area contributed by atoms with Gasteiger partial charge in [0.05, 0.1) is 32.4 Å². The molecule has 4 rings (SSSR count). The van der Waals surface area contributed by atoms with E-state index in [0.29, 0.717) is 48.3 Å². The van der Waals surface area contributed by atoms with Crippen LogP contribution in [0, 0.1) is 10.1 Å². The fourth-order valence-electron chi connectivity index (χ4n) is 3.86. The van der Waals surface area contributed by atoms with Gasteiger partial charge in [-0.05, 0) is 24.6 Å². The van der Waals surface area contributed by atoms with E-state index in [1.165, 1.54) is 29.5 Å². The zero-order chi connectivity index (χ0) is 24.1. The fourth-order valence-corrected chi connectivity index (χ4v) is 4.96. The Labute approximate surface area is 200 Å². The van der Waals surface area contributed by atoms with Gasteiger partial charge in [-0.1, -0.05) is 17.4 Å². The summed E-state index contributed by atoms with van der Waals surface area (Å²) >= 11 is 1.33. The number of amides is 1. The number of thiazole rings is 1. The number of hydrogen-bond donors (Lipinski definition) is 0. The second-order valence-electron chi connectivity index (χ2n) is 7.72. The summed E-state index contributed by atoms with van der Waals surface area (Å²) in [4.78, 5) is 32.9. The summed E-state index contributed by atoms with van der Waals surface area (Å²) in [6, 6.07) is 9.34. The topological polar surface area (TPSA) is 107 Å². The van der Waals surface area contributed by atoms with Crippen LogP contribution in [0.2, 0.25) is 0 Å². The highest BCUT2D eigenvalue weighted by Crippen LogP contribution is 2.40. The maximum atomic E-state index is 13.6. The van der Waals surface area contributed by atoms with Crippen LogP contribution in [0.4, 0.5) is 10.8 Å². The molecule has 1 saturated heterocycles. The Kier molecular flexibility index (Phi) is 7.56. The molecule has 0 spiro atoms. The van der Waals surface area contributed by atoms with Crippen LogP contribution >= 0.6 is 11.3 Å². The van der Waals surface area contributed by atoms with Gasteiger partial charge < -0.3 is 14.2 Å². The molecule has 34 heavy (non-hydrogen) atoms. The number of non-ortho nitro benzene ring substituents is 1. The lowest BCUT2D eigenvalue weighted by molar-refractivity contribution is -0.384. The van der Waals surface area contributed by atoms with E-state index in [9.17, 15) is 14.9 Å². The predicted octanol–water partition coefficient (Wildman–Crippen LogP) is 3.59. The summed E-state index contributed by atoms with van der Waals surface area (Å²) in [6.07, 6.45) is 0.713. The lowest BCUT2D eigenvalue weighted by Crippen LogP contribution is -2.39. The molecule has 2 heterocycles. The van der Waals surface area contributed by atoms with Crippen molar-refractivity contribution in [1.82, 2.24) is 9.88 Å². The van der Waals surface area contributed by atoms with E-state index >= 15 is 0 Å². The molecule has 10 nitrogen and oxygen atoms in total. The van der Waals surface area contributed by atoms with Gasteiger partial charge in [0, 0.05) is 43.9 Å². The average Bonchev–Trinajstić information content (AvgIpc) is 3.31. The minimum absolute atomic E-state index is 0.133. The Balaban J connectivity index is 1.67. The van der Waals surface area contributed by atoms with Gasteiger partial charge in [-0.15, -0.1) is 0 Å². The summed E-state index contributed by atoms with van der Waals surface area (Å²) in [5, 5.41) is 11.7. The largest absolute Gasteiger partial charge is 0.495 e. The van der Waals surface area contributed by atoms with E-state index < -0.39 is 4.92 Å². The second kappa shape index (κ2) is 10.8. The van der Waals surface area contributed by atoms with E-state index in [2.05, 4.69) is 4.90 Å². The molecule has 0 bridgehead atoms. The summed E-state index contributed by atoms with van der Waals surface area (Å²) in [5.41, 5.74) is 0.706. The van der Waals surface area contributed by atoms with Crippen molar-refractivity contribution in [2.75, 3.05) is 58.5 Å². The van der Waals surface area contributed by atoms with Crippen LogP contribution in [-0.4, -0.2) is 74.3 Å². The van der Waals surface area contributed by atoms with Crippen LogP contribution in [0.25, 0.3) is 10.2 Å². The molecule has 0 N–H and O–H groups in total. The maximum Gasteiger partial charge on any atom is 0.270 e. The molecule has 11 heteroatoms. The number of rotatable bonds is 9. The first-order valence-electron chi connectivity index (χ1n) is 10.9. The molecule has 1 aliphatic rings. The van der Waals surface area contributed by atoms with Crippen molar-refractivity contribution in [3.63, 3.8) is 0 Å². The molecule has 180 valence electrons. The van der Waals surface area contributed by atoms with Crippen molar-refractivity contribution in [3.05, 3.63) is 52.1 Å². The number of carbonyl (C=O) groups is 1. The number of aromatic nitrogens is 1. The molecule has 1 fully saturated rings. The van der Waals surface area contributed by atoms with Crippen LogP contribution in [0.3, 0.4) is 0 Å². The van der Waals surface area contributed by atoms with Crippen molar-refractivity contribution >= 4 is 38.3 Å². The third-order valence-electron chi connectivity index (χ3n) is 5.64. The summed E-state index contributed by atoms with van der Waals surface area (Å²) in [6.45, 7) is 4.33. The third-order valence-corrected chi connectivity index (χ3v) is 6.73. The van der Waals surface area contributed by atoms with Crippen LogP contribution in [0.15, 0.2) is 36.4 Å². The quantitative estimate of drug-likeness (QED) is 0.334. The van der Waals surface area contributed by atoms with Crippen LogP contribution in [0.5, 0.6) is 11.5 Å². The number of ether oxygens (including phenoxy) is 3. The molecule has 0 atom stereocenters. The maximum absolute atomic E-state index is 13.6. The number of nitrogens with zero attached hydrogens (tertiary/aromatic N) is 4. The molecular formula is C23H26N4O6S. The van der Waals surface area contributed by atoms with Gasteiger partial charge in [0.25, 0.3) is 11.6 Å². The molecule has 1 aromatic heterocycles. The minimum atomic E-state index is -0.507. The number of nitro benzene ring substituents is 1. The smallest absolute Gasteiger partial charge is 0.270 e. The Morgan fingerprint density at radius 3 is 2.65 bits per heavy atom. The van der Waals surface area contributed by atoms with E-state index in [-0.39, 0.29) is 17.2 Å². The van der Waals surface area contributed by atoms with E-state index in [4.69, 9.17) is 19.2 Å². The highest BCUT2D eigenvalue weighted by atomic mass is 32.1. The minimum Gasteiger partial charge on any atom is -0.495 e. The van der Waals surface area contributed by atoms with Gasteiger partial charge in [0.15, 0.2) is 5.13 Å². The molecule has 0 saturated carbocycles. The number of morpholine rings is 1. The molecule has 1 aliphatic heterocycles. The monoisotopic (exact) mass is 486 g/mol. The molecule has 3 aromatic rings. The third kappa shape index (κ3) is 5.11. The van der Waals surface area contributed by atoms with Gasteiger partial charge in [-0.2, -0.15) is 0 Å². The number of hydrogen-bond acceptors (Lipinski definition) is 9. The van der Waals surface area contributed by atoms with E-state index in [1.54, 1.807) is 37.3 Å². The first kappa shape index (κ1) is 23.9. The number of methoxy groups -OCH3 is 2. The number of carbonyl (C=O) groups excluding carboxylic acids is 1. The lowest BCUT2D eigenvalue weighted by atomic mass is 10.1. The Hall–Kier alpha value is -3.28. The Bertz CT molecular complexity index is 1140. The summed E-state index contributed by atoms with van der Waals surface area (Å²) in [5.74, 6) is 0.868. The zero-order valence-corrected chi connectivity index (χ0v) is 19.9. The standard InChI is InChI=1S/C23H26N4O6S/c1-31-18-7-8-19(32-2)21-20(18)24-23(34-21)26(10-4-9-25-11-13-33-14-12-25)22(28)16-5-3-6-17(15-16)27(29)30/h3,5-8,15H,4,9-14H2,1-2H3. The Morgan fingerprint density at radius 1 is 1.21 bits per heavy atom. The lowest BCUT2D eigenvalue weighted by Gasteiger charge is -2.27. The average molecular weight is 487 g/mol. The highest BCUT2D eigenvalue weighted by Gasteiger charge is 2.25. The van der Waals surface area contributed by atoms with Gasteiger partial charge in [0.1, 0.15) is 21.7 Å². The van der Waals surface area contributed by atoms with Gasteiger partial charge in [-0.3, -0.25) is 24.7 Å². The Morgan fingerprint density at radius 2 is 1.94 bits per heavy atom. The van der Waals surface area contributed by atoms with Crippen LogP contribution in [-0.2, 0) is 4.74 Å². The van der Waals surface area contributed by atoms with Crippen molar-refractivity contribution in [2.45, 2.75) is 6.42 Å². The molecule has 2 aromatic carbocycles. The number of fused-ring (bicyclic) bond motifs is 1. The van der Waals surface area contributed by atoms with Gasteiger partial charge >= 0.3 is 0 Å². The van der Waals surface area contributed by atoms with Gasteiger partial charge in [-0.25, -0.2) is 4.98 Å². The SMILES string of the molecule is COc1ccc(OC)c2sc(N(CCCN3CCOCC3)C(=O)c3cccc([N+](=O)[O-])c3)nc12. The zero-order valence-electron chi connectivity index (χ0n) is 19.1. The first-order valence-corrected chi connectivity index (χ1v) is 11.7. The van der Waals surface area contributed by atoms with E-state index in [1.807, 2.05) is 0 Å². The predicted molar refractivity (Wildman–Crippen MR) is 129 cm³/mol. The van der Waals surface area contributed by atoms with Crippen molar-refractivity contribution < 1.29 is 23.9 Å². The normalized spacial score (nSPS) is 14.2. The fraction of sp³-hybridized carbons (Fsp3) is 0.391. The summed E-state index contributed by atoms with van der Waals surface area (Å²) < 4.78 is 17.1. The van der Waals surface area contributed by atoms with E-state index in [0.717, 1.165) is 24.3 Å². The van der Waals surface area contributed by atoms with Crippen molar-refractivity contribution in [2.24, 2.45) is 0 Å². The first-order chi connectivity index (χ1) is 16.5. The van der Waals surface area contributed by atoms with Crippen molar-refractivity contribution in [1.29, 1.82) is 0 Å². The number of nitro groups is 1. The number of benzene rings is 2. The number of anilines is 1. The highest BCUT2D eigenvalue weighted by molar-refractivity contribution is 7.22. The summed E-state index contributed by atoms with van der Waals surface area (Å²) in [7, 11) is 3.14. The molecule has 0 unspecified atom stereocenters.